The number of hydrogen-bond donors (Lipinski definition) is 2. The van der Waals surface area contributed by atoms with Crippen molar-refractivity contribution in [2.75, 3.05) is 11.5 Å². The fourth-order valence-electron chi connectivity index (χ4n) is 3.19. The molecular formula is C17H17N5. The molecule has 1 aliphatic carbocycles. The minimum Gasteiger partial charge on any atom is -0.383 e. The summed E-state index contributed by atoms with van der Waals surface area (Å²) in [4.78, 5) is 13.1. The summed E-state index contributed by atoms with van der Waals surface area (Å²) in [6, 6.07) is 12.6. The van der Waals surface area contributed by atoms with Crippen molar-refractivity contribution in [3.63, 3.8) is 0 Å². The van der Waals surface area contributed by atoms with Gasteiger partial charge in [0.15, 0.2) is 5.65 Å². The molecule has 110 valence electrons. The number of nitrogens with zero attached hydrogens (tertiary/aromatic N) is 3. The van der Waals surface area contributed by atoms with Gasteiger partial charge in [0.2, 0.25) is 5.95 Å². The van der Waals surface area contributed by atoms with Crippen molar-refractivity contribution in [1.29, 1.82) is 0 Å². The molecule has 0 atom stereocenters. The third kappa shape index (κ3) is 1.82. The monoisotopic (exact) mass is 291 g/mol. The second kappa shape index (κ2) is 4.40. The number of aromatic nitrogens is 3. The molecule has 5 heteroatoms. The van der Waals surface area contributed by atoms with Crippen molar-refractivity contribution in [2.45, 2.75) is 25.2 Å². The second-order valence-electron chi connectivity index (χ2n) is 5.94. The molecular weight excluding hydrogens is 274 g/mol. The second-order valence-corrected chi connectivity index (χ2v) is 5.94. The summed E-state index contributed by atoms with van der Waals surface area (Å²) < 4.78 is 0. The van der Waals surface area contributed by atoms with Crippen LogP contribution in [0.2, 0.25) is 0 Å². The Morgan fingerprint density at radius 3 is 2.41 bits per heavy atom. The summed E-state index contributed by atoms with van der Waals surface area (Å²) >= 11 is 0. The van der Waals surface area contributed by atoms with E-state index in [1.54, 1.807) is 0 Å². The molecule has 4 rings (SSSR count). The van der Waals surface area contributed by atoms with Crippen LogP contribution in [0, 0.1) is 6.92 Å². The van der Waals surface area contributed by atoms with Gasteiger partial charge in [-0.2, -0.15) is 9.97 Å². The van der Waals surface area contributed by atoms with E-state index in [2.05, 4.69) is 40.3 Å². The van der Waals surface area contributed by atoms with E-state index in [9.17, 15) is 0 Å². The average molecular weight is 291 g/mol. The number of nitrogens with two attached hydrogens (primary N) is 2. The van der Waals surface area contributed by atoms with Crippen LogP contribution < -0.4 is 11.5 Å². The van der Waals surface area contributed by atoms with Crippen LogP contribution in [0.15, 0.2) is 36.4 Å². The first-order chi connectivity index (χ1) is 10.6. The standard InChI is InChI=1S/C17H17N5/c1-10-9-12(17(7-8-17)11-5-3-2-4-6-11)20-15-13(10)14(18)21-16(19)22-15/h2-6,9H,7-8H2,1H3,(H4,18,19,20,21,22). The SMILES string of the molecule is Cc1cc(C2(c3ccccc3)CC2)nc2nc(N)nc(N)c12. The highest BCUT2D eigenvalue weighted by Crippen LogP contribution is 2.53. The molecule has 1 aliphatic rings. The molecule has 0 unspecified atom stereocenters. The summed E-state index contributed by atoms with van der Waals surface area (Å²) in [5, 5.41) is 0.793. The Bertz CT molecular complexity index is 869. The smallest absolute Gasteiger partial charge is 0.224 e. The lowest BCUT2D eigenvalue weighted by Crippen LogP contribution is -2.13. The van der Waals surface area contributed by atoms with Gasteiger partial charge < -0.3 is 11.5 Å². The van der Waals surface area contributed by atoms with E-state index in [4.69, 9.17) is 16.5 Å². The van der Waals surface area contributed by atoms with Gasteiger partial charge in [-0.05, 0) is 37.0 Å². The van der Waals surface area contributed by atoms with Crippen molar-refractivity contribution in [2.24, 2.45) is 0 Å². The number of pyridine rings is 1. The molecule has 0 amide bonds. The predicted octanol–water partition coefficient (Wildman–Crippen LogP) is 2.58. The minimum absolute atomic E-state index is 0.00861. The van der Waals surface area contributed by atoms with Gasteiger partial charge in [0.1, 0.15) is 5.82 Å². The zero-order chi connectivity index (χ0) is 15.3. The van der Waals surface area contributed by atoms with Gasteiger partial charge in [0, 0.05) is 5.41 Å². The topological polar surface area (TPSA) is 90.7 Å². The van der Waals surface area contributed by atoms with Crippen molar-refractivity contribution >= 4 is 22.8 Å². The molecule has 2 heterocycles. The summed E-state index contributed by atoms with van der Waals surface area (Å²) in [5.41, 5.74) is 15.7. The Hall–Kier alpha value is -2.69. The number of anilines is 2. The van der Waals surface area contributed by atoms with Gasteiger partial charge in [-0.3, -0.25) is 0 Å². The molecule has 0 radical (unpaired) electrons. The van der Waals surface area contributed by atoms with Gasteiger partial charge in [-0.25, -0.2) is 4.98 Å². The van der Waals surface area contributed by atoms with Gasteiger partial charge in [-0.15, -0.1) is 0 Å². The maximum Gasteiger partial charge on any atom is 0.224 e. The van der Waals surface area contributed by atoms with Gasteiger partial charge in [-0.1, -0.05) is 30.3 Å². The van der Waals surface area contributed by atoms with E-state index >= 15 is 0 Å². The maximum absolute atomic E-state index is 5.97. The third-order valence-corrected chi connectivity index (χ3v) is 4.48. The zero-order valence-corrected chi connectivity index (χ0v) is 12.4. The zero-order valence-electron chi connectivity index (χ0n) is 12.4. The van der Waals surface area contributed by atoms with Crippen LogP contribution in [-0.4, -0.2) is 15.0 Å². The van der Waals surface area contributed by atoms with Gasteiger partial charge >= 0.3 is 0 Å². The molecule has 4 N–H and O–H groups in total. The minimum atomic E-state index is 0.00861. The first-order valence-corrected chi connectivity index (χ1v) is 7.36. The normalized spacial score (nSPS) is 15.9. The van der Waals surface area contributed by atoms with Crippen LogP contribution in [-0.2, 0) is 5.41 Å². The molecule has 0 spiro atoms. The Balaban J connectivity index is 1.94. The molecule has 0 aliphatic heterocycles. The van der Waals surface area contributed by atoms with Crippen LogP contribution in [0.3, 0.4) is 0 Å². The van der Waals surface area contributed by atoms with E-state index in [0.717, 1.165) is 29.5 Å². The van der Waals surface area contributed by atoms with E-state index < -0.39 is 0 Å². The summed E-state index contributed by atoms with van der Waals surface area (Å²) in [6.45, 7) is 2.02. The van der Waals surface area contributed by atoms with Crippen LogP contribution >= 0.6 is 0 Å². The largest absolute Gasteiger partial charge is 0.383 e. The highest BCUT2D eigenvalue weighted by Gasteiger charge is 2.47. The lowest BCUT2D eigenvalue weighted by Gasteiger charge is -2.17. The molecule has 1 aromatic carbocycles. The van der Waals surface area contributed by atoms with E-state index in [0.29, 0.717) is 11.5 Å². The van der Waals surface area contributed by atoms with Crippen molar-refractivity contribution < 1.29 is 0 Å². The maximum atomic E-state index is 5.97. The average Bonchev–Trinajstić information content (AvgIpc) is 3.28. The van der Waals surface area contributed by atoms with Crippen LogP contribution in [0.4, 0.5) is 11.8 Å². The van der Waals surface area contributed by atoms with E-state index in [1.807, 2.05) is 13.0 Å². The highest BCUT2D eigenvalue weighted by atomic mass is 15.1. The Kier molecular flexibility index (Phi) is 2.60. The molecule has 3 aromatic rings. The summed E-state index contributed by atoms with van der Waals surface area (Å²) in [7, 11) is 0. The first-order valence-electron chi connectivity index (χ1n) is 7.36. The molecule has 22 heavy (non-hydrogen) atoms. The van der Waals surface area contributed by atoms with Crippen molar-refractivity contribution in [3.8, 4) is 0 Å². The molecule has 0 bridgehead atoms. The molecule has 5 nitrogen and oxygen atoms in total. The predicted molar refractivity (Wildman–Crippen MR) is 87.4 cm³/mol. The quantitative estimate of drug-likeness (QED) is 0.757. The summed E-state index contributed by atoms with van der Waals surface area (Å²) in [6.07, 6.45) is 2.20. The van der Waals surface area contributed by atoms with E-state index in [-0.39, 0.29) is 11.4 Å². The number of hydrogen-bond acceptors (Lipinski definition) is 5. The first kappa shape index (κ1) is 13.0. The fourth-order valence-corrected chi connectivity index (χ4v) is 3.19. The summed E-state index contributed by atoms with van der Waals surface area (Å²) in [5.74, 6) is 0.558. The fraction of sp³-hybridized carbons (Fsp3) is 0.235. The lowest BCUT2D eigenvalue weighted by atomic mass is 9.91. The number of benzene rings is 1. The Labute approximate surface area is 128 Å². The molecule has 2 aromatic heterocycles. The number of nitrogen functional groups attached to an aromatic ring is 2. The van der Waals surface area contributed by atoms with Crippen molar-refractivity contribution in [3.05, 3.63) is 53.2 Å². The number of fused-ring (bicyclic) bond motifs is 1. The van der Waals surface area contributed by atoms with Gasteiger partial charge in [0.25, 0.3) is 0 Å². The van der Waals surface area contributed by atoms with Crippen LogP contribution in [0.25, 0.3) is 11.0 Å². The number of rotatable bonds is 2. The lowest BCUT2D eigenvalue weighted by molar-refractivity contribution is 0.806. The van der Waals surface area contributed by atoms with Gasteiger partial charge in [0.05, 0.1) is 11.1 Å². The van der Waals surface area contributed by atoms with E-state index in [1.165, 1.54) is 5.56 Å². The Morgan fingerprint density at radius 1 is 1.00 bits per heavy atom. The molecule has 0 saturated heterocycles. The van der Waals surface area contributed by atoms with Crippen molar-refractivity contribution in [1.82, 2.24) is 15.0 Å². The number of aryl methyl sites for hydroxylation is 1. The van der Waals surface area contributed by atoms with Crippen LogP contribution in [0.5, 0.6) is 0 Å². The third-order valence-electron chi connectivity index (χ3n) is 4.48. The molecule has 1 fully saturated rings. The molecule has 1 saturated carbocycles. The van der Waals surface area contributed by atoms with Crippen LogP contribution in [0.1, 0.15) is 29.7 Å². The Morgan fingerprint density at radius 2 is 1.73 bits per heavy atom. The highest BCUT2D eigenvalue weighted by molar-refractivity contribution is 5.89.